The summed E-state index contributed by atoms with van der Waals surface area (Å²) in [5.74, 6) is 0.455. The minimum atomic E-state index is -0.311. The number of halogens is 1. The lowest BCUT2D eigenvalue weighted by atomic mass is 10.0. The van der Waals surface area contributed by atoms with Crippen molar-refractivity contribution in [1.29, 1.82) is 0 Å². The summed E-state index contributed by atoms with van der Waals surface area (Å²) in [6.45, 7) is 0.784. The molecule has 0 bridgehead atoms. The van der Waals surface area contributed by atoms with Gasteiger partial charge in [-0.15, -0.1) is 0 Å². The molecule has 1 aliphatic carbocycles. The van der Waals surface area contributed by atoms with Crippen molar-refractivity contribution >= 4 is 40.6 Å². The topological polar surface area (TPSA) is 61.4 Å². The Morgan fingerprint density at radius 2 is 1.69 bits per heavy atom. The first-order valence-corrected chi connectivity index (χ1v) is 9.26. The standard InChI is InChI=1S/C20H20ClN3O2/c21-15-5-7-16(8-6-15)22-20(26)23-17-9-10-18-14(12-17)2-1-11-24(18)19(25)13-3-4-13/h5-10,12-13H,1-4,11H2,(H2,22,23,26). The van der Waals surface area contributed by atoms with E-state index in [2.05, 4.69) is 10.6 Å². The van der Waals surface area contributed by atoms with Gasteiger partial charge in [0.1, 0.15) is 0 Å². The van der Waals surface area contributed by atoms with Crippen molar-refractivity contribution in [1.82, 2.24) is 0 Å². The maximum Gasteiger partial charge on any atom is 0.323 e. The molecule has 2 aromatic rings. The second-order valence-corrected chi connectivity index (χ2v) is 7.23. The molecule has 0 aromatic heterocycles. The van der Waals surface area contributed by atoms with Gasteiger partial charge in [-0.1, -0.05) is 11.6 Å². The Morgan fingerprint density at radius 1 is 1.00 bits per heavy atom. The zero-order chi connectivity index (χ0) is 18.1. The van der Waals surface area contributed by atoms with Crippen molar-refractivity contribution in [2.45, 2.75) is 25.7 Å². The van der Waals surface area contributed by atoms with E-state index in [1.165, 1.54) is 0 Å². The van der Waals surface area contributed by atoms with Gasteiger partial charge in [-0.25, -0.2) is 4.79 Å². The maximum absolute atomic E-state index is 12.4. The molecular weight excluding hydrogens is 350 g/mol. The fraction of sp³-hybridized carbons (Fsp3) is 0.300. The number of fused-ring (bicyclic) bond motifs is 1. The van der Waals surface area contributed by atoms with Crippen LogP contribution in [-0.4, -0.2) is 18.5 Å². The summed E-state index contributed by atoms with van der Waals surface area (Å²) in [6.07, 6.45) is 3.88. The number of hydrogen-bond donors (Lipinski definition) is 2. The smallest absolute Gasteiger partial charge is 0.312 e. The highest BCUT2D eigenvalue weighted by molar-refractivity contribution is 6.30. The van der Waals surface area contributed by atoms with Crippen LogP contribution in [0.4, 0.5) is 21.9 Å². The fourth-order valence-corrected chi connectivity index (χ4v) is 3.41. The molecule has 6 heteroatoms. The van der Waals surface area contributed by atoms with Crippen LogP contribution in [0.1, 0.15) is 24.8 Å². The van der Waals surface area contributed by atoms with Gasteiger partial charge in [0.05, 0.1) is 0 Å². The van der Waals surface area contributed by atoms with Crippen molar-refractivity contribution in [2.24, 2.45) is 5.92 Å². The predicted molar refractivity (Wildman–Crippen MR) is 104 cm³/mol. The van der Waals surface area contributed by atoms with Crippen molar-refractivity contribution in [2.75, 3.05) is 22.1 Å². The van der Waals surface area contributed by atoms with Gasteiger partial charge in [0.2, 0.25) is 5.91 Å². The molecule has 26 heavy (non-hydrogen) atoms. The van der Waals surface area contributed by atoms with Crippen LogP contribution in [-0.2, 0) is 11.2 Å². The number of rotatable bonds is 3. The van der Waals surface area contributed by atoms with Gasteiger partial charge in [-0.3, -0.25) is 4.79 Å². The average Bonchev–Trinajstić information content (AvgIpc) is 3.47. The van der Waals surface area contributed by atoms with Crippen molar-refractivity contribution in [3.05, 3.63) is 53.1 Å². The Balaban J connectivity index is 1.45. The number of carbonyl (C=O) groups is 2. The van der Waals surface area contributed by atoms with Gasteiger partial charge < -0.3 is 15.5 Å². The molecule has 0 unspecified atom stereocenters. The lowest BCUT2D eigenvalue weighted by Gasteiger charge is -2.30. The molecule has 1 saturated carbocycles. The summed E-state index contributed by atoms with van der Waals surface area (Å²) >= 11 is 5.85. The number of amides is 3. The number of benzene rings is 2. The van der Waals surface area contributed by atoms with Crippen LogP contribution in [0.15, 0.2) is 42.5 Å². The quantitative estimate of drug-likeness (QED) is 0.825. The Hall–Kier alpha value is -2.53. The predicted octanol–water partition coefficient (Wildman–Crippen LogP) is 4.67. The van der Waals surface area contributed by atoms with Gasteiger partial charge in [-0.05, 0) is 73.7 Å². The fourth-order valence-electron chi connectivity index (χ4n) is 3.28. The molecule has 5 nitrogen and oxygen atoms in total. The molecular formula is C20H20ClN3O2. The maximum atomic E-state index is 12.4. The molecule has 0 saturated heterocycles. The summed E-state index contributed by atoms with van der Waals surface area (Å²) in [4.78, 5) is 26.5. The molecule has 0 atom stereocenters. The molecule has 1 fully saturated rings. The normalized spacial score (nSPS) is 16.0. The lowest BCUT2D eigenvalue weighted by Crippen LogP contribution is -2.36. The number of nitrogens with one attached hydrogen (secondary N) is 2. The van der Waals surface area contributed by atoms with E-state index in [1.807, 2.05) is 23.1 Å². The highest BCUT2D eigenvalue weighted by Gasteiger charge is 2.35. The number of urea groups is 1. The molecule has 0 spiro atoms. The summed E-state index contributed by atoms with van der Waals surface area (Å²) in [5.41, 5.74) is 3.48. The van der Waals surface area contributed by atoms with Crippen molar-refractivity contribution in [3.63, 3.8) is 0 Å². The molecule has 2 aromatic carbocycles. The number of hydrogen-bond acceptors (Lipinski definition) is 2. The van der Waals surface area contributed by atoms with Gasteiger partial charge in [0, 0.05) is 34.5 Å². The first-order chi connectivity index (χ1) is 12.6. The lowest BCUT2D eigenvalue weighted by molar-refractivity contribution is -0.119. The summed E-state index contributed by atoms with van der Waals surface area (Å²) in [5, 5.41) is 6.24. The molecule has 0 radical (unpaired) electrons. The second kappa shape index (κ2) is 7.00. The number of aryl methyl sites for hydroxylation is 1. The Bertz CT molecular complexity index is 847. The van der Waals surface area contributed by atoms with Crippen molar-refractivity contribution in [3.8, 4) is 0 Å². The van der Waals surface area contributed by atoms with Crippen molar-refractivity contribution < 1.29 is 9.59 Å². The first kappa shape index (κ1) is 16.9. The van der Waals surface area contributed by atoms with E-state index in [9.17, 15) is 9.59 Å². The third-order valence-electron chi connectivity index (χ3n) is 4.75. The highest BCUT2D eigenvalue weighted by atomic mass is 35.5. The molecule has 134 valence electrons. The summed E-state index contributed by atoms with van der Waals surface area (Å²) in [7, 11) is 0. The number of anilines is 3. The Labute approximate surface area is 157 Å². The zero-order valence-corrected chi connectivity index (χ0v) is 15.1. The van der Waals surface area contributed by atoms with E-state index >= 15 is 0 Å². The van der Waals surface area contributed by atoms with E-state index in [0.717, 1.165) is 49.2 Å². The van der Waals surface area contributed by atoms with Crippen LogP contribution in [0, 0.1) is 5.92 Å². The van der Waals surface area contributed by atoms with Crippen LogP contribution in [0.2, 0.25) is 5.02 Å². The largest absolute Gasteiger partial charge is 0.323 e. The molecule has 2 aliphatic rings. The second-order valence-electron chi connectivity index (χ2n) is 6.80. The highest BCUT2D eigenvalue weighted by Crippen LogP contribution is 2.36. The molecule has 2 N–H and O–H groups in total. The Morgan fingerprint density at radius 3 is 2.42 bits per heavy atom. The summed E-state index contributed by atoms with van der Waals surface area (Å²) in [6, 6.07) is 12.4. The van der Waals surface area contributed by atoms with E-state index < -0.39 is 0 Å². The van der Waals surface area contributed by atoms with E-state index in [1.54, 1.807) is 24.3 Å². The average molecular weight is 370 g/mol. The van der Waals surface area contributed by atoms with Crippen LogP contribution < -0.4 is 15.5 Å². The minimum absolute atomic E-state index is 0.212. The van der Waals surface area contributed by atoms with Gasteiger partial charge in [0.15, 0.2) is 0 Å². The van der Waals surface area contributed by atoms with E-state index in [-0.39, 0.29) is 17.9 Å². The third kappa shape index (κ3) is 3.68. The number of nitrogens with zero attached hydrogens (tertiary/aromatic N) is 1. The van der Waals surface area contributed by atoms with Crippen LogP contribution in [0.3, 0.4) is 0 Å². The number of carbonyl (C=O) groups excluding carboxylic acids is 2. The van der Waals surface area contributed by atoms with Crippen LogP contribution in [0.25, 0.3) is 0 Å². The van der Waals surface area contributed by atoms with Gasteiger partial charge >= 0.3 is 6.03 Å². The van der Waals surface area contributed by atoms with E-state index in [0.29, 0.717) is 10.7 Å². The first-order valence-electron chi connectivity index (χ1n) is 8.88. The zero-order valence-electron chi connectivity index (χ0n) is 14.3. The van der Waals surface area contributed by atoms with Crippen LogP contribution in [0.5, 0.6) is 0 Å². The molecule has 4 rings (SSSR count). The molecule has 1 aliphatic heterocycles. The monoisotopic (exact) mass is 369 g/mol. The molecule has 3 amide bonds. The van der Waals surface area contributed by atoms with Gasteiger partial charge in [-0.2, -0.15) is 0 Å². The Kier molecular flexibility index (Phi) is 4.55. The SMILES string of the molecule is O=C(Nc1ccc(Cl)cc1)Nc1ccc2c(c1)CCCN2C(=O)C1CC1. The molecule has 1 heterocycles. The summed E-state index contributed by atoms with van der Waals surface area (Å²) < 4.78 is 0. The minimum Gasteiger partial charge on any atom is -0.312 e. The van der Waals surface area contributed by atoms with Gasteiger partial charge in [0.25, 0.3) is 0 Å². The third-order valence-corrected chi connectivity index (χ3v) is 5.00. The van der Waals surface area contributed by atoms with Crippen LogP contribution >= 0.6 is 11.6 Å². The van der Waals surface area contributed by atoms with E-state index in [4.69, 9.17) is 11.6 Å².